The van der Waals surface area contributed by atoms with E-state index < -0.39 is 21.1 Å². The second-order valence-electron chi connectivity index (χ2n) is 7.81. The number of anilines is 2. The SMILES string of the molecule is Cc1ccc(N2C(=O)/C(=C/c3ccc(N(C)C)cc3)S(=O)(=O)C2c2ccccc2)cc1. The molecule has 0 aromatic heterocycles. The quantitative estimate of drug-likeness (QED) is 0.567. The van der Waals surface area contributed by atoms with Crippen LogP contribution in [-0.4, -0.2) is 28.4 Å². The Bertz CT molecular complexity index is 1230. The van der Waals surface area contributed by atoms with Crippen molar-refractivity contribution >= 4 is 33.2 Å². The van der Waals surface area contributed by atoms with E-state index in [4.69, 9.17) is 0 Å². The molecule has 1 fully saturated rings. The van der Waals surface area contributed by atoms with Crippen LogP contribution in [0.25, 0.3) is 6.08 Å². The van der Waals surface area contributed by atoms with Crippen molar-refractivity contribution in [3.63, 3.8) is 0 Å². The molecule has 0 N–H and O–H groups in total. The number of benzene rings is 3. The fourth-order valence-corrected chi connectivity index (χ4v) is 5.57. The number of carbonyl (C=O) groups is 1. The predicted octanol–water partition coefficient (Wildman–Crippen LogP) is 4.56. The second-order valence-corrected chi connectivity index (χ2v) is 9.79. The van der Waals surface area contributed by atoms with E-state index in [0.29, 0.717) is 16.8 Å². The molecule has 0 saturated carbocycles. The maximum atomic E-state index is 13.6. The standard InChI is InChI=1S/C25H24N2O3S/c1-18-9-13-22(14-10-18)27-24(28)23(17-19-11-15-21(16-12-19)26(2)3)31(29,30)25(27)20-7-5-4-6-8-20/h4-17,25H,1-3H3/b23-17-. The highest BCUT2D eigenvalue weighted by molar-refractivity contribution is 7.97. The Morgan fingerprint density at radius 1 is 0.871 bits per heavy atom. The van der Waals surface area contributed by atoms with Crippen LogP contribution in [0, 0.1) is 6.92 Å². The molecule has 1 aliphatic heterocycles. The summed E-state index contributed by atoms with van der Waals surface area (Å²) in [6.07, 6.45) is 1.47. The van der Waals surface area contributed by atoms with Gasteiger partial charge in [-0.15, -0.1) is 0 Å². The van der Waals surface area contributed by atoms with E-state index in [1.54, 1.807) is 36.4 Å². The molecule has 1 aliphatic rings. The first-order valence-electron chi connectivity index (χ1n) is 9.97. The molecule has 3 aromatic carbocycles. The molecule has 0 spiro atoms. The summed E-state index contributed by atoms with van der Waals surface area (Å²) in [4.78, 5) is 16.6. The van der Waals surface area contributed by atoms with Gasteiger partial charge in [-0.25, -0.2) is 8.42 Å². The summed E-state index contributed by atoms with van der Waals surface area (Å²) in [6.45, 7) is 1.95. The zero-order valence-corrected chi connectivity index (χ0v) is 18.5. The van der Waals surface area contributed by atoms with Gasteiger partial charge in [0.15, 0.2) is 5.37 Å². The van der Waals surface area contributed by atoms with Gasteiger partial charge in [0.25, 0.3) is 5.91 Å². The zero-order chi connectivity index (χ0) is 22.2. The Hall–Kier alpha value is -3.38. The van der Waals surface area contributed by atoms with Gasteiger partial charge in [0, 0.05) is 25.5 Å². The second kappa shape index (κ2) is 8.04. The molecule has 1 unspecified atom stereocenters. The van der Waals surface area contributed by atoms with Crippen LogP contribution >= 0.6 is 0 Å². The maximum Gasteiger partial charge on any atom is 0.271 e. The van der Waals surface area contributed by atoms with Gasteiger partial charge in [0.1, 0.15) is 4.91 Å². The number of sulfone groups is 1. The van der Waals surface area contributed by atoms with Crippen molar-refractivity contribution in [2.24, 2.45) is 0 Å². The highest BCUT2D eigenvalue weighted by Gasteiger charge is 2.50. The number of amides is 1. The number of nitrogens with zero attached hydrogens (tertiary/aromatic N) is 2. The molecule has 6 heteroatoms. The van der Waals surface area contributed by atoms with Crippen molar-refractivity contribution in [2.75, 3.05) is 23.9 Å². The summed E-state index contributed by atoms with van der Waals surface area (Å²) in [6, 6.07) is 23.6. The Morgan fingerprint density at radius 3 is 2.06 bits per heavy atom. The van der Waals surface area contributed by atoms with Crippen LogP contribution in [0.15, 0.2) is 83.8 Å². The van der Waals surface area contributed by atoms with Crippen LogP contribution in [-0.2, 0) is 14.6 Å². The van der Waals surface area contributed by atoms with Crippen LogP contribution in [0.2, 0.25) is 0 Å². The Labute approximate surface area is 183 Å². The predicted molar refractivity (Wildman–Crippen MR) is 126 cm³/mol. The fraction of sp³-hybridized carbons (Fsp3) is 0.160. The Kier molecular flexibility index (Phi) is 5.41. The van der Waals surface area contributed by atoms with Gasteiger partial charge in [-0.05, 0) is 48.4 Å². The van der Waals surface area contributed by atoms with Crippen molar-refractivity contribution in [3.8, 4) is 0 Å². The average molecular weight is 433 g/mol. The van der Waals surface area contributed by atoms with Crippen LogP contribution in [0.5, 0.6) is 0 Å². The van der Waals surface area contributed by atoms with E-state index in [2.05, 4.69) is 0 Å². The molecule has 0 radical (unpaired) electrons. The van der Waals surface area contributed by atoms with E-state index in [-0.39, 0.29) is 4.91 Å². The summed E-state index contributed by atoms with van der Waals surface area (Å²) in [5.41, 5.74) is 3.80. The summed E-state index contributed by atoms with van der Waals surface area (Å²) in [5, 5.41) is -1.10. The van der Waals surface area contributed by atoms with Crippen LogP contribution in [0.1, 0.15) is 22.1 Å². The lowest BCUT2D eigenvalue weighted by Gasteiger charge is -2.23. The number of carbonyl (C=O) groups excluding carboxylic acids is 1. The molecular weight excluding hydrogens is 408 g/mol. The minimum atomic E-state index is -3.94. The summed E-state index contributed by atoms with van der Waals surface area (Å²) in [5.74, 6) is -0.519. The number of aryl methyl sites for hydroxylation is 1. The van der Waals surface area contributed by atoms with E-state index in [9.17, 15) is 13.2 Å². The third-order valence-electron chi connectivity index (χ3n) is 5.37. The van der Waals surface area contributed by atoms with Crippen molar-refractivity contribution in [2.45, 2.75) is 12.3 Å². The lowest BCUT2D eigenvalue weighted by atomic mass is 10.1. The van der Waals surface area contributed by atoms with Crippen LogP contribution in [0.4, 0.5) is 11.4 Å². The van der Waals surface area contributed by atoms with Crippen LogP contribution < -0.4 is 9.80 Å². The molecule has 31 heavy (non-hydrogen) atoms. The molecule has 158 valence electrons. The molecule has 1 amide bonds. The van der Waals surface area contributed by atoms with Gasteiger partial charge >= 0.3 is 0 Å². The third-order valence-corrected chi connectivity index (χ3v) is 7.35. The Balaban J connectivity index is 1.85. The summed E-state index contributed by atoms with van der Waals surface area (Å²) in [7, 11) is -0.0694. The van der Waals surface area contributed by atoms with E-state index in [1.807, 2.05) is 68.4 Å². The van der Waals surface area contributed by atoms with Gasteiger partial charge in [0.2, 0.25) is 9.84 Å². The lowest BCUT2D eigenvalue weighted by molar-refractivity contribution is -0.114. The Morgan fingerprint density at radius 2 is 1.48 bits per heavy atom. The number of rotatable bonds is 4. The summed E-state index contributed by atoms with van der Waals surface area (Å²) >= 11 is 0. The van der Waals surface area contributed by atoms with Gasteiger partial charge in [-0.3, -0.25) is 9.69 Å². The normalized spacial score (nSPS) is 19.1. The topological polar surface area (TPSA) is 57.7 Å². The van der Waals surface area contributed by atoms with Gasteiger partial charge in [-0.2, -0.15) is 0 Å². The molecule has 1 saturated heterocycles. The highest BCUT2D eigenvalue weighted by Crippen LogP contribution is 2.43. The number of hydrogen-bond donors (Lipinski definition) is 0. The summed E-state index contributed by atoms with van der Waals surface area (Å²) < 4.78 is 27.2. The lowest BCUT2D eigenvalue weighted by Crippen LogP contribution is -2.28. The molecule has 3 aromatic rings. The van der Waals surface area contributed by atoms with Crippen molar-refractivity contribution in [3.05, 3.63) is 100 Å². The van der Waals surface area contributed by atoms with E-state index in [0.717, 1.165) is 11.3 Å². The van der Waals surface area contributed by atoms with Crippen LogP contribution in [0.3, 0.4) is 0 Å². The molecule has 1 heterocycles. The minimum Gasteiger partial charge on any atom is -0.378 e. The first-order valence-corrected chi connectivity index (χ1v) is 11.5. The largest absolute Gasteiger partial charge is 0.378 e. The zero-order valence-electron chi connectivity index (χ0n) is 17.7. The van der Waals surface area contributed by atoms with Gasteiger partial charge < -0.3 is 4.90 Å². The fourth-order valence-electron chi connectivity index (χ4n) is 3.67. The molecule has 0 aliphatic carbocycles. The van der Waals surface area contributed by atoms with Gasteiger partial charge in [-0.1, -0.05) is 60.2 Å². The monoisotopic (exact) mass is 432 g/mol. The smallest absolute Gasteiger partial charge is 0.271 e. The first-order chi connectivity index (χ1) is 14.8. The molecular formula is C25H24N2O3S. The highest BCUT2D eigenvalue weighted by atomic mass is 32.2. The van der Waals surface area contributed by atoms with Crippen molar-refractivity contribution in [1.82, 2.24) is 0 Å². The molecule has 1 atom stereocenters. The first kappa shape index (κ1) is 20.9. The maximum absolute atomic E-state index is 13.6. The van der Waals surface area contributed by atoms with Gasteiger partial charge in [0.05, 0.1) is 0 Å². The molecule has 4 rings (SSSR count). The van der Waals surface area contributed by atoms with E-state index in [1.165, 1.54) is 11.0 Å². The van der Waals surface area contributed by atoms with E-state index >= 15 is 0 Å². The number of hydrogen-bond acceptors (Lipinski definition) is 4. The van der Waals surface area contributed by atoms with Crippen molar-refractivity contribution < 1.29 is 13.2 Å². The van der Waals surface area contributed by atoms with Crippen molar-refractivity contribution in [1.29, 1.82) is 0 Å². The molecule has 0 bridgehead atoms. The third kappa shape index (κ3) is 3.86. The average Bonchev–Trinajstić information content (AvgIpc) is 2.95. The molecule has 5 nitrogen and oxygen atoms in total. The minimum absolute atomic E-state index is 0.195.